The molecule has 0 N–H and O–H groups in total. The molecular formula is C52H38N4. The monoisotopic (exact) mass is 718 g/mol. The molecule has 0 bridgehead atoms. The molecule has 2 aliphatic rings. The average Bonchev–Trinajstić information content (AvgIpc) is 3.54. The number of nitriles is 1. The van der Waals surface area contributed by atoms with Crippen LogP contribution in [0, 0.1) is 11.3 Å². The van der Waals surface area contributed by atoms with E-state index in [-0.39, 0.29) is 5.41 Å². The first-order valence-electron chi connectivity index (χ1n) is 19.5. The van der Waals surface area contributed by atoms with Gasteiger partial charge >= 0.3 is 0 Å². The molecule has 0 amide bonds. The summed E-state index contributed by atoms with van der Waals surface area (Å²) >= 11 is 0. The number of benzene rings is 6. The molecule has 2 aromatic heterocycles. The molecule has 6 aromatic carbocycles. The second-order valence-corrected chi connectivity index (χ2v) is 15.1. The average molecular weight is 719 g/mol. The van der Waals surface area contributed by atoms with Crippen molar-refractivity contribution >= 4 is 0 Å². The van der Waals surface area contributed by atoms with Gasteiger partial charge in [-0.15, -0.1) is 0 Å². The highest BCUT2D eigenvalue weighted by Gasteiger charge is 2.43. The maximum Gasteiger partial charge on any atom is 0.160 e. The van der Waals surface area contributed by atoms with E-state index in [9.17, 15) is 5.26 Å². The van der Waals surface area contributed by atoms with Crippen LogP contribution in [0.1, 0.15) is 48.8 Å². The minimum Gasteiger partial charge on any atom is -0.264 e. The summed E-state index contributed by atoms with van der Waals surface area (Å²) in [6.07, 6.45) is 9.77. The lowest BCUT2D eigenvalue weighted by molar-refractivity contribution is 0.353. The van der Waals surface area contributed by atoms with Crippen LogP contribution < -0.4 is 0 Å². The first kappa shape index (κ1) is 33.6. The van der Waals surface area contributed by atoms with Gasteiger partial charge in [0.2, 0.25) is 0 Å². The number of nitrogens with zero attached hydrogens (tertiary/aromatic N) is 4. The van der Waals surface area contributed by atoms with Crippen molar-refractivity contribution in [2.24, 2.45) is 0 Å². The molecule has 0 aliphatic heterocycles. The fourth-order valence-corrected chi connectivity index (χ4v) is 8.99. The zero-order valence-electron chi connectivity index (χ0n) is 31.0. The Balaban J connectivity index is 0.979. The van der Waals surface area contributed by atoms with Crippen molar-refractivity contribution in [2.45, 2.75) is 37.5 Å². The van der Waals surface area contributed by atoms with Gasteiger partial charge in [-0.1, -0.05) is 141 Å². The Hall–Kier alpha value is -6.96. The van der Waals surface area contributed by atoms with Gasteiger partial charge in [-0.25, -0.2) is 9.97 Å². The quantitative estimate of drug-likeness (QED) is 0.172. The van der Waals surface area contributed by atoms with Gasteiger partial charge in [0.15, 0.2) is 5.82 Å². The van der Waals surface area contributed by atoms with E-state index in [0.717, 1.165) is 68.7 Å². The number of fused-ring (bicyclic) bond motifs is 5. The SMILES string of the molecule is N#Cc1ccc2c(c1)-c1ccc(-c3ccc(-c4cccc(-c5cc(-c6ccc(-c7cccnc7)cc6)nc(-c6ccccc6)n5)c4)cc3)cc1C21CCCCC1. The normalized spacial score (nSPS) is 13.8. The topological polar surface area (TPSA) is 62.5 Å². The smallest absolute Gasteiger partial charge is 0.160 e. The first-order chi connectivity index (χ1) is 27.6. The Morgan fingerprint density at radius 2 is 1.07 bits per heavy atom. The third-order valence-corrected chi connectivity index (χ3v) is 11.8. The highest BCUT2D eigenvalue weighted by Crippen LogP contribution is 2.56. The third-order valence-electron chi connectivity index (χ3n) is 11.8. The van der Waals surface area contributed by atoms with Gasteiger partial charge in [0, 0.05) is 34.5 Å². The Morgan fingerprint density at radius 3 is 1.79 bits per heavy atom. The van der Waals surface area contributed by atoms with E-state index >= 15 is 0 Å². The van der Waals surface area contributed by atoms with Crippen molar-refractivity contribution in [1.82, 2.24) is 15.0 Å². The summed E-state index contributed by atoms with van der Waals surface area (Å²) in [5.41, 5.74) is 17.9. The maximum absolute atomic E-state index is 9.68. The fourth-order valence-electron chi connectivity index (χ4n) is 8.99. The van der Waals surface area contributed by atoms with Gasteiger partial charge in [0.25, 0.3) is 0 Å². The van der Waals surface area contributed by atoms with Gasteiger partial charge in [0.05, 0.1) is 23.0 Å². The van der Waals surface area contributed by atoms with Gasteiger partial charge in [-0.2, -0.15) is 5.26 Å². The minimum atomic E-state index is 0.0395. The van der Waals surface area contributed by atoms with Gasteiger partial charge < -0.3 is 0 Å². The number of aromatic nitrogens is 3. The lowest BCUT2D eigenvalue weighted by Crippen LogP contribution is -2.28. The summed E-state index contributed by atoms with van der Waals surface area (Å²) in [5, 5.41) is 9.68. The van der Waals surface area contributed by atoms with Crippen LogP contribution in [0.15, 0.2) is 170 Å². The standard InChI is InChI=1S/C52H38N4/c53-33-35-14-25-47-46(29-35)45-24-23-42(31-48(45)52(47)26-5-2-6-27-52)37-17-15-36(16-18-37)41-11-7-12-43(30-41)50-32-49(55-51(56-50)40-9-3-1-4-10-40)39-21-19-38(20-22-39)44-13-8-28-54-34-44/h1,3-4,7-25,28-32,34H,2,5-6,26-27H2. The molecule has 2 aliphatic carbocycles. The van der Waals surface area contributed by atoms with Gasteiger partial charge in [-0.05, 0) is 105 Å². The molecule has 8 aromatic rings. The van der Waals surface area contributed by atoms with Crippen LogP contribution in [0.3, 0.4) is 0 Å². The summed E-state index contributed by atoms with van der Waals surface area (Å²) in [6, 6.07) is 58.1. The van der Waals surface area contributed by atoms with E-state index in [1.807, 2.05) is 36.5 Å². The zero-order chi connectivity index (χ0) is 37.5. The zero-order valence-corrected chi connectivity index (χ0v) is 31.0. The summed E-state index contributed by atoms with van der Waals surface area (Å²) in [7, 11) is 0. The Morgan fingerprint density at radius 1 is 0.446 bits per heavy atom. The molecule has 0 saturated heterocycles. The van der Waals surface area contributed by atoms with Crippen LogP contribution in [-0.2, 0) is 5.41 Å². The van der Waals surface area contributed by atoms with Crippen molar-refractivity contribution in [1.29, 1.82) is 5.26 Å². The lowest BCUT2D eigenvalue weighted by atomic mass is 9.67. The van der Waals surface area contributed by atoms with E-state index < -0.39 is 0 Å². The molecule has 0 radical (unpaired) electrons. The van der Waals surface area contributed by atoms with Crippen molar-refractivity contribution < 1.29 is 0 Å². The Kier molecular flexibility index (Phi) is 8.42. The lowest BCUT2D eigenvalue weighted by Gasteiger charge is -2.36. The molecular weight excluding hydrogens is 681 g/mol. The Labute approximate surface area is 327 Å². The molecule has 1 fully saturated rings. The fraction of sp³-hybridized carbons (Fsp3) is 0.115. The number of hydrogen-bond donors (Lipinski definition) is 0. The predicted molar refractivity (Wildman–Crippen MR) is 226 cm³/mol. The second-order valence-electron chi connectivity index (χ2n) is 15.1. The molecule has 56 heavy (non-hydrogen) atoms. The molecule has 0 unspecified atom stereocenters. The van der Waals surface area contributed by atoms with Crippen LogP contribution in [0.25, 0.3) is 78.4 Å². The number of hydrogen-bond acceptors (Lipinski definition) is 4. The second kappa shape index (κ2) is 14.0. The van der Waals surface area contributed by atoms with Crippen molar-refractivity contribution in [3.8, 4) is 84.5 Å². The number of pyridine rings is 1. The molecule has 1 saturated carbocycles. The summed E-state index contributed by atoms with van der Waals surface area (Å²) in [5.74, 6) is 0.696. The van der Waals surface area contributed by atoms with Crippen LogP contribution in [0.4, 0.5) is 0 Å². The molecule has 4 nitrogen and oxygen atoms in total. The third kappa shape index (κ3) is 5.99. The molecule has 2 heterocycles. The van der Waals surface area contributed by atoms with Crippen molar-refractivity contribution in [2.75, 3.05) is 0 Å². The highest BCUT2D eigenvalue weighted by molar-refractivity contribution is 5.85. The van der Waals surface area contributed by atoms with Crippen LogP contribution in [0.5, 0.6) is 0 Å². The van der Waals surface area contributed by atoms with E-state index in [4.69, 9.17) is 9.97 Å². The summed E-state index contributed by atoms with van der Waals surface area (Å²) in [4.78, 5) is 14.4. The largest absolute Gasteiger partial charge is 0.264 e. The molecule has 1 spiro atoms. The Bertz CT molecular complexity index is 2760. The molecule has 10 rings (SSSR count). The van der Waals surface area contributed by atoms with E-state index in [1.54, 1.807) is 6.20 Å². The maximum atomic E-state index is 9.68. The summed E-state index contributed by atoms with van der Waals surface area (Å²) < 4.78 is 0. The first-order valence-corrected chi connectivity index (χ1v) is 19.5. The molecule has 0 atom stereocenters. The van der Waals surface area contributed by atoms with Gasteiger partial charge in [0.1, 0.15) is 0 Å². The van der Waals surface area contributed by atoms with Gasteiger partial charge in [-0.3, -0.25) is 4.98 Å². The highest BCUT2D eigenvalue weighted by atomic mass is 14.9. The van der Waals surface area contributed by atoms with Crippen molar-refractivity contribution in [3.05, 3.63) is 187 Å². The summed E-state index contributed by atoms with van der Waals surface area (Å²) in [6.45, 7) is 0. The van der Waals surface area contributed by atoms with Crippen LogP contribution in [0.2, 0.25) is 0 Å². The van der Waals surface area contributed by atoms with Crippen LogP contribution >= 0.6 is 0 Å². The van der Waals surface area contributed by atoms with E-state index in [1.165, 1.54) is 52.6 Å². The number of rotatable bonds is 6. The van der Waals surface area contributed by atoms with E-state index in [0.29, 0.717) is 5.82 Å². The van der Waals surface area contributed by atoms with Crippen molar-refractivity contribution in [3.63, 3.8) is 0 Å². The predicted octanol–water partition coefficient (Wildman–Crippen LogP) is 13.0. The van der Waals surface area contributed by atoms with E-state index in [2.05, 4.69) is 138 Å². The molecule has 4 heteroatoms. The minimum absolute atomic E-state index is 0.0395. The van der Waals surface area contributed by atoms with Crippen LogP contribution in [-0.4, -0.2) is 15.0 Å². The molecule has 266 valence electrons.